The Morgan fingerprint density at radius 2 is 1.54 bits per heavy atom. The lowest BCUT2D eigenvalue weighted by molar-refractivity contribution is -0.141. The SMILES string of the molecule is COc1cc(O)cc(OC)c1[C@H]1C2=CC[C@@H]3C(=O)N(CCc4ccc(O)cc4)C(=O)[C@@H]3[C@@H]2C[C@H]2C(=O)N(Nc3ncc(C(F)(F)F)cc3Cl)C(=O)[C@@]12c1ccc(Cl)cc1. The van der Waals surface area contributed by atoms with Gasteiger partial charge in [0, 0.05) is 41.4 Å². The minimum atomic E-state index is -4.78. The molecule has 4 aromatic rings. The van der Waals surface area contributed by atoms with Crippen LogP contribution in [-0.4, -0.2) is 69.5 Å². The Morgan fingerprint density at radius 3 is 2.15 bits per heavy atom. The number of pyridine rings is 1. The molecule has 0 unspecified atom stereocenters. The molecule has 2 saturated heterocycles. The fourth-order valence-electron chi connectivity index (χ4n) is 9.50. The summed E-state index contributed by atoms with van der Waals surface area (Å²) < 4.78 is 52.3. The lowest BCUT2D eigenvalue weighted by Crippen LogP contribution is -2.53. The van der Waals surface area contributed by atoms with E-state index in [-0.39, 0.29) is 53.9 Å². The number of anilines is 1. The van der Waals surface area contributed by atoms with Gasteiger partial charge in [-0.1, -0.05) is 59.1 Å². The first kappa shape index (κ1) is 40.0. The molecule has 2 aliphatic heterocycles. The third-order valence-electron chi connectivity index (χ3n) is 12.0. The van der Waals surface area contributed by atoms with E-state index in [1.54, 1.807) is 36.4 Å². The Hall–Kier alpha value is -5.80. The van der Waals surface area contributed by atoms with Gasteiger partial charge in [-0.15, -0.1) is 0 Å². The van der Waals surface area contributed by atoms with Crippen molar-refractivity contribution in [3.8, 4) is 23.0 Å². The zero-order chi connectivity index (χ0) is 42.1. The fourth-order valence-corrected chi connectivity index (χ4v) is 9.83. The van der Waals surface area contributed by atoms with Crippen molar-refractivity contribution in [2.75, 3.05) is 26.2 Å². The number of imide groups is 2. The molecule has 6 atom stereocenters. The number of hydrazine groups is 1. The standard InChI is InChI=1S/C42H35Cl2F3N4O8/c1-58-31-16-25(53)17-32(59-2)34(31)35-26-11-12-27-33(39(56)50(37(27)54)14-13-20-3-9-24(52)10-4-20)28(26)18-29-38(55)51(40(57)41(29,35)21-5-7-23(43)8-6-21)49-36-30(44)15-22(19-48-36)42(45,46)47/h3-11,15-17,19,27-29,33,35,52-53H,12-14,18H2,1-2H3,(H,48,49)/t27-,28+,29-,33-,35+,41+/m0/s1. The largest absolute Gasteiger partial charge is 0.508 e. The number of fused-ring (bicyclic) bond motifs is 4. The van der Waals surface area contributed by atoms with Crippen molar-refractivity contribution in [2.45, 2.75) is 36.8 Å². The van der Waals surface area contributed by atoms with E-state index in [2.05, 4.69) is 10.4 Å². The first-order valence-electron chi connectivity index (χ1n) is 18.5. The van der Waals surface area contributed by atoms with Gasteiger partial charge in [-0.25, -0.2) is 4.98 Å². The van der Waals surface area contributed by atoms with Crippen LogP contribution in [0.25, 0.3) is 0 Å². The summed E-state index contributed by atoms with van der Waals surface area (Å²) in [5.41, 5.74) is 1.52. The van der Waals surface area contributed by atoms with Crippen molar-refractivity contribution in [3.63, 3.8) is 0 Å². The maximum atomic E-state index is 15.5. The Balaban J connectivity index is 1.30. The van der Waals surface area contributed by atoms with Crippen LogP contribution >= 0.6 is 23.2 Å². The molecule has 17 heteroatoms. The third kappa shape index (κ3) is 6.41. The average Bonchev–Trinajstić information content (AvgIpc) is 3.58. The summed E-state index contributed by atoms with van der Waals surface area (Å²) >= 11 is 12.7. The number of rotatable bonds is 9. The summed E-state index contributed by atoms with van der Waals surface area (Å²) in [6.45, 7) is 0.0642. The molecule has 0 radical (unpaired) electrons. The lowest BCUT2D eigenvalue weighted by atomic mass is 9.49. The number of hydrogen-bond donors (Lipinski definition) is 3. The molecule has 3 aromatic carbocycles. The number of amides is 4. The zero-order valence-electron chi connectivity index (χ0n) is 31.3. The number of phenols is 2. The van der Waals surface area contributed by atoms with Crippen molar-refractivity contribution < 1.29 is 52.0 Å². The molecular formula is C42H35Cl2F3N4O8. The molecule has 8 rings (SSSR count). The smallest absolute Gasteiger partial charge is 0.417 e. The van der Waals surface area contributed by atoms with E-state index in [0.29, 0.717) is 39.9 Å². The molecule has 3 N–H and O–H groups in total. The normalized spacial score (nSPS) is 25.1. The van der Waals surface area contributed by atoms with Crippen LogP contribution in [0.5, 0.6) is 23.0 Å². The predicted molar refractivity (Wildman–Crippen MR) is 207 cm³/mol. The zero-order valence-corrected chi connectivity index (χ0v) is 32.8. The number of carbonyl (C=O) groups excluding carboxylic acids is 4. The molecule has 2 aliphatic carbocycles. The highest BCUT2D eigenvalue weighted by atomic mass is 35.5. The second kappa shape index (κ2) is 14.8. The molecule has 0 spiro atoms. The predicted octanol–water partition coefficient (Wildman–Crippen LogP) is 7.06. The number of ether oxygens (including phenoxy) is 2. The van der Waals surface area contributed by atoms with Gasteiger partial charge in [0.25, 0.3) is 11.8 Å². The number of benzene rings is 3. The number of methoxy groups -OCH3 is 2. The number of allylic oxidation sites excluding steroid dienone is 2. The van der Waals surface area contributed by atoms with Gasteiger partial charge < -0.3 is 19.7 Å². The van der Waals surface area contributed by atoms with Crippen molar-refractivity contribution in [3.05, 3.63) is 117 Å². The Morgan fingerprint density at radius 1 is 0.881 bits per heavy atom. The molecular weight excluding hydrogens is 816 g/mol. The Bertz CT molecular complexity index is 2400. The van der Waals surface area contributed by atoms with Crippen molar-refractivity contribution in [1.29, 1.82) is 0 Å². The first-order chi connectivity index (χ1) is 28.1. The second-order valence-electron chi connectivity index (χ2n) is 14.9. The Kier molecular flexibility index (Phi) is 10.0. The van der Waals surface area contributed by atoms with Gasteiger partial charge >= 0.3 is 6.18 Å². The summed E-state index contributed by atoms with van der Waals surface area (Å²) in [6.07, 6.45) is -2.09. The molecule has 12 nitrogen and oxygen atoms in total. The van der Waals surface area contributed by atoms with Gasteiger partial charge in [0.05, 0.1) is 48.0 Å². The van der Waals surface area contributed by atoms with Crippen LogP contribution in [0.2, 0.25) is 10.0 Å². The molecule has 1 aromatic heterocycles. The van der Waals surface area contributed by atoms with E-state index in [4.69, 9.17) is 32.7 Å². The number of halogens is 5. The number of nitrogens with zero attached hydrogens (tertiary/aromatic N) is 3. The summed E-state index contributed by atoms with van der Waals surface area (Å²) in [7, 11) is 2.71. The van der Waals surface area contributed by atoms with Gasteiger partial charge in [0.15, 0.2) is 5.82 Å². The summed E-state index contributed by atoms with van der Waals surface area (Å²) in [4.78, 5) is 64.2. The number of nitrogens with one attached hydrogen (secondary N) is 1. The highest BCUT2D eigenvalue weighted by molar-refractivity contribution is 6.33. The van der Waals surface area contributed by atoms with Gasteiger partial charge in [0.1, 0.15) is 23.0 Å². The second-order valence-corrected chi connectivity index (χ2v) is 15.8. The molecule has 4 aliphatic rings. The number of alkyl halides is 3. The molecule has 0 bridgehead atoms. The quantitative estimate of drug-likeness (QED) is 0.118. The number of likely N-dealkylation sites (tertiary alicyclic amines) is 1. The van der Waals surface area contributed by atoms with Gasteiger partial charge in [0.2, 0.25) is 11.8 Å². The number of carbonyl (C=O) groups is 4. The lowest BCUT2D eigenvalue weighted by Gasteiger charge is -2.51. The maximum absolute atomic E-state index is 15.5. The Labute approximate surface area is 345 Å². The van der Waals surface area contributed by atoms with Crippen LogP contribution in [-0.2, 0) is 37.2 Å². The van der Waals surface area contributed by atoms with Crippen molar-refractivity contribution in [2.24, 2.45) is 23.7 Å². The molecule has 306 valence electrons. The van der Waals surface area contributed by atoms with Crippen molar-refractivity contribution in [1.82, 2.24) is 14.9 Å². The number of phenolic OH excluding ortho intramolecular Hbond substituents is 2. The van der Waals surface area contributed by atoms with Gasteiger partial charge in [-0.05, 0) is 66.6 Å². The van der Waals surface area contributed by atoms with Crippen LogP contribution < -0.4 is 14.9 Å². The fraction of sp³-hybridized carbons (Fsp3) is 0.310. The van der Waals surface area contributed by atoms with Crippen LogP contribution in [0, 0.1) is 23.7 Å². The first-order valence-corrected chi connectivity index (χ1v) is 19.3. The van der Waals surface area contributed by atoms with Crippen LogP contribution in [0.3, 0.4) is 0 Å². The number of hydrogen-bond acceptors (Lipinski definition) is 10. The molecule has 3 fully saturated rings. The summed E-state index contributed by atoms with van der Waals surface area (Å²) in [6, 6.07) is 16.0. The molecule has 59 heavy (non-hydrogen) atoms. The minimum absolute atomic E-state index is 0.0642. The minimum Gasteiger partial charge on any atom is -0.508 e. The van der Waals surface area contributed by atoms with Crippen LogP contribution in [0.15, 0.2) is 84.6 Å². The molecule has 3 heterocycles. The van der Waals surface area contributed by atoms with E-state index in [1.807, 2.05) is 6.08 Å². The van der Waals surface area contributed by atoms with Crippen LogP contribution in [0.1, 0.15) is 41.0 Å². The number of aromatic nitrogens is 1. The van der Waals surface area contributed by atoms with Gasteiger partial charge in [-0.2, -0.15) is 18.2 Å². The highest BCUT2D eigenvalue weighted by Gasteiger charge is 2.71. The van der Waals surface area contributed by atoms with E-state index in [9.17, 15) is 33.0 Å². The van der Waals surface area contributed by atoms with E-state index >= 15 is 9.59 Å². The van der Waals surface area contributed by atoms with E-state index in [0.717, 1.165) is 5.56 Å². The highest BCUT2D eigenvalue weighted by Crippen LogP contribution is 2.66. The summed E-state index contributed by atoms with van der Waals surface area (Å²) in [5.74, 6) is -7.76. The van der Waals surface area contributed by atoms with Crippen molar-refractivity contribution >= 4 is 52.6 Å². The van der Waals surface area contributed by atoms with E-state index < -0.39 is 75.3 Å². The topological polar surface area (TPSA) is 159 Å². The molecule has 1 saturated carbocycles. The van der Waals surface area contributed by atoms with Crippen LogP contribution in [0.4, 0.5) is 19.0 Å². The number of aromatic hydroxyl groups is 2. The maximum Gasteiger partial charge on any atom is 0.417 e. The monoisotopic (exact) mass is 850 g/mol. The summed E-state index contributed by atoms with van der Waals surface area (Å²) in [5, 5.41) is 21.0. The van der Waals surface area contributed by atoms with Gasteiger partial charge in [-0.3, -0.25) is 29.5 Å². The average molecular weight is 852 g/mol. The third-order valence-corrected chi connectivity index (χ3v) is 12.6. The van der Waals surface area contributed by atoms with E-state index in [1.165, 1.54) is 43.4 Å². The molecule has 4 amide bonds.